The maximum absolute atomic E-state index is 12.4. The summed E-state index contributed by atoms with van der Waals surface area (Å²) in [6, 6.07) is 6.55. The standard InChI is InChI=1S/C13H17NO3S/c1-10-3-5-13(6-4-10)18(16,17)14-8-7-12(15)9-11(14)2/h3-6,11H,7-9H2,1-2H3/t11-/m1/s1. The van der Waals surface area contributed by atoms with E-state index in [1.807, 2.05) is 6.92 Å². The molecular weight excluding hydrogens is 250 g/mol. The van der Waals surface area contributed by atoms with E-state index in [0.29, 0.717) is 17.7 Å². The number of benzene rings is 1. The molecule has 0 bridgehead atoms. The highest BCUT2D eigenvalue weighted by Gasteiger charge is 2.33. The molecule has 1 fully saturated rings. The summed E-state index contributed by atoms with van der Waals surface area (Å²) in [4.78, 5) is 11.6. The highest BCUT2D eigenvalue weighted by atomic mass is 32.2. The third-order valence-electron chi connectivity index (χ3n) is 3.25. The first kappa shape index (κ1) is 13.2. The Morgan fingerprint density at radius 2 is 1.83 bits per heavy atom. The minimum atomic E-state index is -3.47. The molecule has 1 aromatic carbocycles. The fourth-order valence-corrected chi connectivity index (χ4v) is 3.82. The van der Waals surface area contributed by atoms with Crippen LogP contribution >= 0.6 is 0 Å². The predicted molar refractivity (Wildman–Crippen MR) is 68.8 cm³/mol. The minimum absolute atomic E-state index is 0.137. The Bertz CT molecular complexity index is 548. The molecule has 4 nitrogen and oxygen atoms in total. The molecule has 5 heteroatoms. The van der Waals surface area contributed by atoms with Gasteiger partial charge in [-0.05, 0) is 26.0 Å². The molecule has 1 heterocycles. The zero-order chi connectivity index (χ0) is 13.3. The monoisotopic (exact) mass is 267 g/mol. The van der Waals surface area contributed by atoms with Crippen molar-refractivity contribution in [3.63, 3.8) is 0 Å². The molecule has 1 atom stereocenters. The molecule has 0 unspecified atom stereocenters. The molecule has 1 aliphatic rings. The number of hydrogen-bond donors (Lipinski definition) is 0. The first-order valence-corrected chi connectivity index (χ1v) is 7.45. The van der Waals surface area contributed by atoms with E-state index < -0.39 is 10.0 Å². The molecule has 0 saturated carbocycles. The summed E-state index contributed by atoms with van der Waals surface area (Å²) < 4.78 is 26.3. The number of aryl methyl sites for hydroxylation is 1. The number of piperidine rings is 1. The van der Waals surface area contributed by atoms with Gasteiger partial charge < -0.3 is 0 Å². The Hall–Kier alpha value is -1.20. The van der Waals surface area contributed by atoms with E-state index in [1.165, 1.54) is 4.31 Å². The summed E-state index contributed by atoms with van der Waals surface area (Å²) in [6.07, 6.45) is 0.626. The van der Waals surface area contributed by atoms with Crippen LogP contribution in [0.3, 0.4) is 0 Å². The number of nitrogens with zero attached hydrogens (tertiary/aromatic N) is 1. The molecule has 1 aliphatic heterocycles. The second-order valence-electron chi connectivity index (χ2n) is 4.77. The molecule has 1 aromatic rings. The van der Waals surface area contributed by atoms with Crippen molar-refractivity contribution in [1.29, 1.82) is 0 Å². The number of carbonyl (C=O) groups is 1. The van der Waals surface area contributed by atoms with Gasteiger partial charge >= 0.3 is 0 Å². The summed E-state index contributed by atoms with van der Waals surface area (Å²) >= 11 is 0. The van der Waals surface area contributed by atoms with Crippen molar-refractivity contribution in [2.45, 2.75) is 37.6 Å². The third-order valence-corrected chi connectivity index (χ3v) is 5.28. The average molecular weight is 267 g/mol. The molecule has 98 valence electrons. The number of carbonyl (C=O) groups excluding carboxylic acids is 1. The van der Waals surface area contributed by atoms with Crippen LogP contribution in [-0.2, 0) is 14.8 Å². The van der Waals surface area contributed by atoms with E-state index in [0.717, 1.165) is 5.56 Å². The van der Waals surface area contributed by atoms with Crippen LogP contribution in [0.15, 0.2) is 29.2 Å². The maximum atomic E-state index is 12.4. The lowest BCUT2D eigenvalue weighted by Crippen LogP contribution is -2.44. The van der Waals surface area contributed by atoms with E-state index in [4.69, 9.17) is 0 Å². The van der Waals surface area contributed by atoms with Crippen LogP contribution in [0.25, 0.3) is 0 Å². The normalized spacial score (nSPS) is 22.1. The first-order chi connectivity index (χ1) is 8.41. The Labute approximate surface area is 108 Å². The summed E-state index contributed by atoms with van der Waals surface area (Å²) in [5, 5.41) is 0. The zero-order valence-corrected chi connectivity index (χ0v) is 11.4. The zero-order valence-electron chi connectivity index (χ0n) is 10.6. The number of Topliss-reactive ketones (excluding diaryl/α,β-unsaturated/α-hetero) is 1. The summed E-state index contributed by atoms with van der Waals surface area (Å²) in [7, 11) is -3.47. The van der Waals surface area contributed by atoms with Gasteiger partial charge in [0.15, 0.2) is 0 Å². The van der Waals surface area contributed by atoms with Crippen LogP contribution in [0.1, 0.15) is 25.3 Å². The van der Waals surface area contributed by atoms with Crippen molar-refractivity contribution in [2.24, 2.45) is 0 Å². The van der Waals surface area contributed by atoms with Crippen molar-refractivity contribution < 1.29 is 13.2 Å². The quantitative estimate of drug-likeness (QED) is 0.820. The van der Waals surface area contributed by atoms with Crippen molar-refractivity contribution in [3.8, 4) is 0 Å². The lowest BCUT2D eigenvalue weighted by atomic mass is 10.1. The van der Waals surface area contributed by atoms with Gasteiger partial charge in [-0.15, -0.1) is 0 Å². The Balaban J connectivity index is 2.31. The summed E-state index contributed by atoms with van der Waals surface area (Å²) in [5.74, 6) is 0.137. The Kier molecular flexibility index (Phi) is 3.54. The van der Waals surface area contributed by atoms with Crippen LogP contribution < -0.4 is 0 Å². The molecule has 0 amide bonds. The van der Waals surface area contributed by atoms with Gasteiger partial charge in [-0.2, -0.15) is 4.31 Å². The van der Waals surface area contributed by atoms with Crippen LogP contribution in [0.2, 0.25) is 0 Å². The van der Waals surface area contributed by atoms with Gasteiger partial charge in [0.1, 0.15) is 5.78 Å². The van der Waals surface area contributed by atoms with Crippen molar-refractivity contribution in [2.75, 3.05) is 6.54 Å². The SMILES string of the molecule is Cc1ccc(S(=O)(=O)N2CCC(=O)C[C@H]2C)cc1. The first-order valence-electron chi connectivity index (χ1n) is 6.01. The van der Waals surface area contributed by atoms with Crippen molar-refractivity contribution in [1.82, 2.24) is 4.31 Å². The fourth-order valence-electron chi connectivity index (χ4n) is 2.19. The number of hydrogen-bond acceptors (Lipinski definition) is 3. The molecule has 0 aromatic heterocycles. The molecule has 18 heavy (non-hydrogen) atoms. The van der Waals surface area contributed by atoms with E-state index in [-0.39, 0.29) is 18.4 Å². The van der Waals surface area contributed by atoms with Gasteiger partial charge in [-0.25, -0.2) is 8.42 Å². The fraction of sp³-hybridized carbons (Fsp3) is 0.462. The van der Waals surface area contributed by atoms with E-state index in [1.54, 1.807) is 31.2 Å². The topological polar surface area (TPSA) is 54.5 Å². The molecule has 1 saturated heterocycles. The largest absolute Gasteiger partial charge is 0.300 e. The van der Waals surface area contributed by atoms with Crippen LogP contribution in [0, 0.1) is 6.92 Å². The van der Waals surface area contributed by atoms with Crippen LogP contribution in [0.4, 0.5) is 0 Å². The third kappa shape index (κ3) is 2.47. The van der Waals surface area contributed by atoms with Gasteiger partial charge in [0, 0.05) is 25.4 Å². The lowest BCUT2D eigenvalue weighted by molar-refractivity contribution is -0.121. The van der Waals surface area contributed by atoms with Gasteiger partial charge in [0.25, 0.3) is 0 Å². The highest BCUT2D eigenvalue weighted by molar-refractivity contribution is 7.89. The molecule has 0 spiro atoms. The Morgan fingerprint density at radius 3 is 2.39 bits per heavy atom. The summed E-state index contributed by atoms with van der Waals surface area (Å²) in [6.45, 7) is 3.98. The van der Waals surface area contributed by atoms with Crippen LogP contribution in [0.5, 0.6) is 0 Å². The Morgan fingerprint density at radius 1 is 1.22 bits per heavy atom. The lowest BCUT2D eigenvalue weighted by Gasteiger charge is -2.31. The van der Waals surface area contributed by atoms with Crippen LogP contribution in [-0.4, -0.2) is 31.1 Å². The maximum Gasteiger partial charge on any atom is 0.243 e. The molecule has 2 rings (SSSR count). The average Bonchev–Trinajstić information content (AvgIpc) is 2.29. The number of sulfonamides is 1. The molecular formula is C13H17NO3S. The minimum Gasteiger partial charge on any atom is -0.300 e. The second-order valence-corrected chi connectivity index (χ2v) is 6.66. The van der Waals surface area contributed by atoms with Gasteiger partial charge in [0.05, 0.1) is 4.90 Å². The second kappa shape index (κ2) is 4.82. The predicted octanol–water partition coefficient (Wildman–Crippen LogP) is 1.74. The van der Waals surface area contributed by atoms with E-state index >= 15 is 0 Å². The summed E-state index contributed by atoms with van der Waals surface area (Å²) in [5.41, 5.74) is 1.02. The van der Waals surface area contributed by atoms with E-state index in [2.05, 4.69) is 0 Å². The highest BCUT2D eigenvalue weighted by Crippen LogP contribution is 2.23. The van der Waals surface area contributed by atoms with Gasteiger partial charge in [-0.3, -0.25) is 4.79 Å². The van der Waals surface area contributed by atoms with Gasteiger partial charge in [-0.1, -0.05) is 17.7 Å². The van der Waals surface area contributed by atoms with Crippen molar-refractivity contribution in [3.05, 3.63) is 29.8 Å². The smallest absolute Gasteiger partial charge is 0.243 e. The molecule has 0 aliphatic carbocycles. The number of ketones is 1. The molecule has 0 radical (unpaired) electrons. The number of rotatable bonds is 2. The van der Waals surface area contributed by atoms with Gasteiger partial charge in [0.2, 0.25) is 10.0 Å². The van der Waals surface area contributed by atoms with E-state index in [9.17, 15) is 13.2 Å². The molecule has 0 N–H and O–H groups in total. The van der Waals surface area contributed by atoms with Crippen molar-refractivity contribution >= 4 is 15.8 Å².